The van der Waals surface area contributed by atoms with Crippen molar-refractivity contribution in [3.8, 4) is 0 Å². The number of hydrogen-bond donors (Lipinski definition) is 2. The predicted octanol–water partition coefficient (Wildman–Crippen LogP) is 0.675. The van der Waals surface area contributed by atoms with Gasteiger partial charge >= 0.3 is 0 Å². The van der Waals surface area contributed by atoms with Crippen LogP contribution in [0.3, 0.4) is 0 Å². The minimum atomic E-state index is -0.195. The fourth-order valence-corrected chi connectivity index (χ4v) is 1.55. The number of nitrogens with zero attached hydrogens (tertiary/aromatic N) is 2. The van der Waals surface area contributed by atoms with Gasteiger partial charge in [0.05, 0.1) is 18.5 Å². The molecule has 0 spiro atoms. The van der Waals surface area contributed by atoms with Gasteiger partial charge in [-0.3, -0.25) is 15.8 Å². The van der Waals surface area contributed by atoms with Crippen LogP contribution < -0.4 is 11.3 Å². The van der Waals surface area contributed by atoms with Crippen LogP contribution in [0.4, 0.5) is 0 Å². The molecule has 1 aliphatic heterocycles. The monoisotopic (exact) mass is 206 g/mol. The SMILES string of the molecule is NNC(C1=CCCCO1)c1cnccn1. The number of hydrazine groups is 1. The van der Waals surface area contributed by atoms with Crippen molar-refractivity contribution < 1.29 is 4.74 Å². The van der Waals surface area contributed by atoms with Crippen LogP contribution in [0, 0.1) is 0 Å². The molecule has 1 aromatic rings. The number of rotatable bonds is 3. The number of hydrogen-bond acceptors (Lipinski definition) is 5. The zero-order valence-corrected chi connectivity index (χ0v) is 8.39. The first-order valence-electron chi connectivity index (χ1n) is 4.96. The van der Waals surface area contributed by atoms with Gasteiger partial charge < -0.3 is 4.74 Å². The molecule has 3 N–H and O–H groups in total. The smallest absolute Gasteiger partial charge is 0.122 e. The Labute approximate surface area is 88.3 Å². The maximum absolute atomic E-state index is 5.54. The summed E-state index contributed by atoms with van der Waals surface area (Å²) in [6.07, 6.45) is 9.08. The van der Waals surface area contributed by atoms with Crippen LogP contribution in [0.2, 0.25) is 0 Å². The maximum Gasteiger partial charge on any atom is 0.122 e. The third-order valence-corrected chi connectivity index (χ3v) is 2.29. The average Bonchev–Trinajstić information content (AvgIpc) is 2.33. The first kappa shape index (κ1) is 10.1. The molecule has 15 heavy (non-hydrogen) atoms. The van der Waals surface area contributed by atoms with Gasteiger partial charge in [-0.05, 0) is 18.9 Å². The van der Waals surface area contributed by atoms with E-state index in [1.165, 1.54) is 0 Å². The van der Waals surface area contributed by atoms with Gasteiger partial charge in [0.2, 0.25) is 0 Å². The summed E-state index contributed by atoms with van der Waals surface area (Å²) in [5.74, 6) is 6.33. The molecule has 2 heterocycles. The molecule has 2 rings (SSSR count). The summed E-state index contributed by atoms with van der Waals surface area (Å²) in [5.41, 5.74) is 3.46. The van der Waals surface area contributed by atoms with E-state index in [1.54, 1.807) is 18.6 Å². The number of nitrogens with two attached hydrogens (primary N) is 1. The van der Waals surface area contributed by atoms with Gasteiger partial charge in [-0.1, -0.05) is 0 Å². The molecule has 0 saturated heterocycles. The zero-order valence-electron chi connectivity index (χ0n) is 8.39. The van der Waals surface area contributed by atoms with Crippen molar-refractivity contribution in [2.24, 2.45) is 5.84 Å². The lowest BCUT2D eigenvalue weighted by Crippen LogP contribution is -2.31. The van der Waals surface area contributed by atoms with Crippen LogP contribution in [0.15, 0.2) is 30.4 Å². The Hall–Kier alpha value is -1.46. The summed E-state index contributed by atoms with van der Waals surface area (Å²) in [6.45, 7) is 0.740. The molecule has 1 aliphatic rings. The normalized spacial score (nSPS) is 17.8. The summed E-state index contributed by atoms with van der Waals surface area (Å²) in [7, 11) is 0. The van der Waals surface area contributed by atoms with Crippen LogP contribution in [0.1, 0.15) is 24.6 Å². The molecule has 0 bridgehead atoms. The lowest BCUT2D eigenvalue weighted by molar-refractivity contribution is 0.167. The standard InChI is InChI=1S/C10H14N4O/c11-14-10(8-7-12-4-5-13-8)9-3-1-2-6-15-9/h3-5,7,10,14H,1-2,6,11H2. The Bertz CT molecular complexity index is 339. The topological polar surface area (TPSA) is 73.1 Å². The molecule has 1 atom stereocenters. The third kappa shape index (κ3) is 2.31. The summed E-state index contributed by atoms with van der Waals surface area (Å²) in [5, 5.41) is 0. The molecule has 5 nitrogen and oxygen atoms in total. The van der Waals surface area contributed by atoms with Gasteiger partial charge in [0.25, 0.3) is 0 Å². The van der Waals surface area contributed by atoms with E-state index in [4.69, 9.17) is 10.6 Å². The van der Waals surface area contributed by atoms with Crippen molar-refractivity contribution in [3.63, 3.8) is 0 Å². The lowest BCUT2D eigenvalue weighted by atomic mass is 10.1. The minimum absolute atomic E-state index is 0.195. The quantitative estimate of drug-likeness (QED) is 0.562. The molecule has 0 saturated carbocycles. The number of aromatic nitrogens is 2. The van der Waals surface area contributed by atoms with E-state index in [2.05, 4.69) is 15.4 Å². The highest BCUT2D eigenvalue weighted by Crippen LogP contribution is 2.23. The molecule has 1 aromatic heterocycles. The van der Waals surface area contributed by atoms with E-state index in [1.807, 2.05) is 6.08 Å². The molecular weight excluding hydrogens is 192 g/mol. The second-order valence-corrected chi connectivity index (χ2v) is 3.33. The Balaban J connectivity index is 2.20. The van der Waals surface area contributed by atoms with E-state index in [0.29, 0.717) is 0 Å². The highest BCUT2D eigenvalue weighted by Gasteiger charge is 2.19. The number of nitrogens with one attached hydrogen (secondary N) is 1. The number of allylic oxidation sites excluding steroid dienone is 1. The molecule has 5 heteroatoms. The Morgan fingerprint density at radius 1 is 1.47 bits per heavy atom. The van der Waals surface area contributed by atoms with Gasteiger partial charge in [-0.25, -0.2) is 5.43 Å². The van der Waals surface area contributed by atoms with E-state index in [-0.39, 0.29) is 6.04 Å². The molecular formula is C10H14N4O. The van der Waals surface area contributed by atoms with Gasteiger partial charge in [0.15, 0.2) is 0 Å². The van der Waals surface area contributed by atoms with E-state index < -0.39 is 0 Å². The first-order chi connectivity index (χ1) is 7.42. The molecule has 0 fully saturated rings. The molecule has 80 valence electrons. The Morgan fingerprint density at radius 3 is 3.00 bits per heavy atom. The second-order valence-electron chi connectivity index (χ2n) is 3.33. The summed E-state index contributed by atoms with van der Waals surface area (Å²) in [4.78, 5) is 8.21. The van der Waals surface area contributed by atoms with Gasteiger partial charge in [-0.2, -0.15) is 0 Å². The van der Waals surface area contributed by atoms with Crippen LogP contribution in [-0.4, -0.2) is 16.6 Å². The third-order valence-electron chi connectivity index (χ3n) is 2.29. The van der Waals surface area contributed by atoms with Gasteiger partial charge in [0, 0.05) is 12.4 Å². The Morgan fingerprint density at radius 2 is 2.40 bits per heavy atom. The molecule has 0 amide bonds. The summed E-state index contributed by atoms with van der Waals surface area (Å²) < 4.78 is 5.54. The Kier molecular flexibility index (Phi) is 3.26. The summed E-state index contributed by atoms with van der Waals surface area (Å²) >= 11 is 0. The van der Waals surface area contributed by atoms with E-state index in [0.717, 1.165) is 30.9 Å². The van der Waals surface area contributed by atoms with Crippen molar-refractivity contribution in [2.75, 3.05) is 6.61 Å². The molecule has 0 radical (unpaired) electrons. The largest absolute Gasteiger partial charge is 0.496 e. The summed E-state index contributed by atoms with van der Waals surface area (Å²) in [6, 6.07) is -0.195. The fourth-order valence-electron chi connectivity index (χ4n) is 1.55. The lowest BCUT2D eigenvalue weighted by Gasteiger charge is -2.22. The van der Waals surface area contributed by atoms with Crippen molar-refractivity contribution in [2.45, 2.75) is 18.9 Å². The number of ether oxygens (including phenoxy) is 1. The van der Waals surface area contributed by atoms with Gasteiger partial charge in [0.1, 0.15) is 11.8 Å². The molecule has 1 unspecified atom stereocenters. The highest BCUT2D eigenvalue weighted by atomic mass is 16.5. The van der Waals surface area contributed by atoms with Crippen LogP contribution in [0.25, 0.3) is 0 Å². The highest BCUT2D eigenvalue weighted by molar-refractivity contribution is 5.16. The van der Waals surface area contributed by atoms with Gasteiger partial charge in [-0.15, -0.1) is 0 Å². The van der Waals surface area contributed by atoms with Crippen LogP contribution in [0.5, 0.6) is 0 Å². The zero-order chi connectivity index (χ0) is 10.5. The average molecular weight is 206 g/mol. The van der Waals surface area contributed by atoms with E-state index in [9.17, 15) is 0 Å². The van der Waals surface area contributed by atoms with Crippen molar-refractivity contribution >= 4 is 0 Å². The van der Waals surface area contributed by atoms with Crippen molar-refractivity contribution in [1.29, 1.82) is 0 Å². The predicted molar refractivity (Wildman–Crippen MR) is 55.4 cm³/mol. The van der Waals surface area contributed by atoms with E-state index >= 15 is 0 Å². The second kappa shape index (κ2) is 4.86. The van der Waals surface area contributed by atoms with Crippen molar-refractivity contribution in [1.82, 2.24) is 15.4 Å². The molecule has 0 aromatic carbocycles. The van der Waals surface area contributed by atoms with Crippen LogP contribution in [-0.2, 0) is 4.74 Å². The van der Waals surface area contributed by atoms with Crippen molar-refractivity contribution in [3.05, 3.63) is 36.1 Å². The first-order valence-corrected chi connectivity index (χ1v) is 4.96. The minimum Gasteiger partial charge on any atom is -0.496 e. The maximum atomic E-state index is 5.54. The molecule has 0 aliphatic carbocycles. The fraction of sp³-hybridized carbons (Fsp3) is 0.400. The van der Waals surface area contributed by atoms with Crippen LogP contribution >= 0.6 is 0 Å².